The van der Waals surface area contributed by atoms with Crippen molar-refractivity contribution in [2.75, 3.05) is 39.3 Å². The molecule has 1 aliphatic rings. The third-order valence-electron chi connectivity index (χ3n) is 17.6. The van der Waals surface area contributed by atoms with Crippen molar-refractivity contribution in [3.8, 4) is 5.75 Å². The zero-order valence-corrected chi connectivity index (χ0v) is 62.6. The van der Waals surface area contributed by atoms with Crippen LogP contribution in [-0.4, -0.2) is 197 Å². The number of phenolic OH excluding ortho intramolecular Hbond substituents is 1. The molecule has 6 rings (SSSR count). The van der Waals surface area contributed by atoms with Gasteiger partial charge in [-0.25, -0.2) is 0 Å². The van der Waals surface area contributed by atoms with Crippen molar-refractivity contribution in [2.45, 2.75) is 179 Å². The van der Waals surface area contributed by atoms with Gasteiger partial charge in [-0.05, 0) is 143 Å². The summed E-state index contributed by atoms with van der Waals surface area (Å²) in [4.78, 5) is 170. The first-order valence-corrected chi connectivity index (χ1v) is 36.6. The predicted octanol–water partition coefficient (Wildman–Crippen LogP) is 1.17. The van der Waals surface area contributed by atoms with E-state index in [0.29, 0.717) is 75.1 Å². The van der Waals surface area contributed by atoms with Gasteiger partial charge in [0, 0.05) is 92.5 Å². The van der Waals surface area contributed by atoms with Gasteiger partial charge in [0.2, 0.25) is 65.0 Å². The number of halogens is 2. The average molecular weight is 1520 g/mol. The molecule has 107 heavy (non-hydrogen) atoms. The number of primary amides is 1. The molecular weight excluding hydrogens is 1420 g/mol. The minimum absolute atomic E-state index is 0.00125. The van der Waals surface area contributed by atoms with Gasteiger partial charge in [-0.3, -0.25) is 62.7 Å². The van der Waals surface area contributed by atoms with Crippen molar-refractivity contribution in [1.29, 1.82) is 0 Å². The van der Waals surface area contributed by atoms with Gasteiger partial charge < -0.3 is 95.8 Å². The van der Waals surface area contributed by atoms with Crippen LogP contribution in [0.3, 0.4) is 0 Å². The standard InChI is InChI=1S/C74H102Cl2N18O13/c1-7-80-74(81-8-2)83-32-12-11-17-54(64(99)89-56(35-42(3)4)65(100)88-55(18-13-33-82-73(78)79)72(107)94-34-14-19-62(94)71(106)85-43(5)63(77)98)87-67(102)58(38-47-24-30-51(97)31-25-47)91-70(105)61(41-95)93-69(104)60(39-48-40-84-53-16-10-9-15-52(48)53)92-68(103)59(37-46-22-28-50(76)29-23-46)90-66(101)57(86-44(6)96)36-45-20-26-49(75)27-21-45/h9-10,15-16,20-31,40,42-43,54-62,84,95,97H,7-8,11-14,17-19,32-39,41H2,1-6H3,(H2,77,98)(H,85,106)(H,86,96)(H,87,102)(H,88,100)(H,89,99)(H,90,101)(H,91,105)(H,92,103)(H,93,104)(H4,78,79,82)(H2,80,81,83)/t43-,54-,55+,56+,57-,58+,59-,60-,61+,62+/m1/s1. The fourth-order valence-electron chi connectivity index (χ4n) is 12.1. The van der Waals surface area contributed by atoms with Crippen LogP contribution in [0.15, 0.2) is 113 Å². The van der Waals surface area contributed by atoms with E-state index in [2.05, 4.69) is 73.5 Å². The summed E-state index contributed by atoms with van der Waals surface area (Å²) in [5.41, 5.74) is 19.4. The maximum atomic E-state index is 15.1. The summed E-state index contributed by atoms with van der Waals surface area (Å²) in [6.07, 6.45) is 2.44. The lowest BCUT2D eigenvalue weighted by atomic mass is 10.00. The van der Waals surface area contributed by atoms with E-state index >= 15 is 14.4 Å². The molecule has 1 fully saturated rings. The Bertz CT molecular complexity index is 3890. The van der Waals surface area contributed by atoms with Gasteiger partial charge in [-0.2, -0.15) is 0 Å². The minimum Gasteiger partial charge on any atom is -0.508 e. The lowest BCUT2D eigenvalue weighted by molar-refractivity contribution is -0.142. The Morgan fingerprint density at radius 3 is 1.53 bits per heavy atom. The van der Waals surface area contributed by atoms with E-state index < -0.39 is 132 Å². The molecular formula is C74H102Cl2N18O13. The number of aliphatic imine (C=N–C) groups is 2. The van der Waals surface area contributed by atoms with Crippen molar-refractivity contribution >= 4 is 111 Å². The number of H-pyrrole nitrogens is 1. The fourth-order valence-corrected chi connectivity index (χ4v) is 12.3. The number of aromatic amines is 1. The maximum absolute atomic E-state index is 15.1. The number of phenols is 1. The Kier molecular flexibility index (Phi) is 34.5. The van der Waals surface area contributed by atoms with E-state index in [9.17, 15) is 48.6 Å². The van der Waals surface area contributed by atoms with Crippen LogP contribution in [0.4, 0.5) is 0 Å². The first-order valence-electron chi connectivity index (χ1n) is 35.9. The summed E-state index contributed by atoms with van der Waals surface area (Å²) >= 11 is 12.4. The number of aromatic hydroxyl groups is 1. The normalized spacial score (nSPS) is 15.0. The van der Waals surface area contributed by atoms with E-state index in [1.54, 1.807) is 92.8 Å². The van der Waals surface area contributed by atoms with Crippen LogP contribution in [0.5, 0.6) is 5.75 Å². The molecule has 10 atom stereocenters. The number of aromatic nitrogens is 1. The van der Waals surface area contributed by atoms with Crippen LogP contribution in [0.1, 0.15) is 115 Å². The summed E-state index contributed by atoms with van der Waals surface area (Å²) in [5, 5.41) is 53.5. The summed E-state index contributed by atoms with van der Waals surface area (Å²) in [5.74, 6) is -8.85. The largest absolute Gasteiger partial charge is 0.508 e. The van der Waals surface area contributed by atoms with Crippen LogP contribution in [0.25, 0.3) is 10.9 Å². The molecule has 0 bridgehead atoms. The van der Waals surface area contributed by atoms with Crippen LogP contribution in [0.2, 0.25) is 10.0 Å². The number of unbranched alkanes of at least 4 members (excludes halogenated alkanes) is 1. The number of nitrogens with two attached hydrogens (primary N) is 3. The smallest absolute Gasteiger partial charge is 0.245 e. The zero-order chi connectivity index (χ0) is 78.3. The number of rotatable bonds is 41. The van der Waals surface area contributed by atoms with Crippen LogP contribution in [0, 0.1) is 5.92 Å². The molecule has 4 aromatic carbocycles. The summed E-state index contributed by atoms with van der Waals surface area (Å²) < 4.78 is 0. The highest BCUT2D eigenvalue weighted by molar-refractivity contribution is 6.30. The number of para-hydroxylation sites is 1. The van der Waals surface area contributed by atoms with Gasteiger partial charge >= 0.3 is 0 Å². The lowest BCUT2D eigenvalue weighted by Crippen LogP contribution is -2.61. The van der Waals surface area contributed by atoms with E-state index in [1.165, 1.54) is 43.0 Å². The molecule has 31 nitrogen and oxygen atoms in total. The molecule has 0 unspecified atom stereocenters. The molecule has 0 spiro atoms. The van der Waals surface area contributed by atoms with Crippen LogP contribution in [-0.2, 0) is 78.4 Å². The Hall–Kier alpha value is -10.5. The Morgan fingerprint density at radius 2 is 1.01 bits per heavy atom. The number of aliphatic hydroxyl groups excluding tert-OH is 1. The molecule has 20 N–H and O–H groups in total. The zero-order valence-electron chi connectivity index (χ0n) is 61.1. The quantitative estimate of drug-likeness (QED) is 0.0148. The second kappa shape index (κ2) is 43.2. The SMILES string of the molecule is CCNC(=NCCCC[C@@H](NC(=O)[C@H](Cc1ccc(O)cc1)NC(=O)[C@H](CO)NC(=O)[C@@H](Cc1c[nH]c2ccccc12)NC(=O)[C@@H](Cc1ccc(Cl)cc1)NC(=O)[C@@H](Cc1ccc(Cl)cc1)NC(C)=O)C(=O)N[C@@H](CC(C)C)C(=O)N[C@@H](CCCN=C(N)N)C(=O)N1CCC[C@H]1C(=O)N[C@H](C)C(N)=O)NCC. The number of nitrogens with one attached hydrogen (secondary N) is 12. The van der Waals surface area contributed by atoms with Gasteiger partial charge in [-0.15, -0.1) is 0 Å². The summed E-state index contributed by atoms with van der Waals surface area (Å²) in [7, 11) is 0. The van der Waals surface area contributed by atoms with Crippen molar-refractivity contribution in [3.63, 3.8) is 0 Å². The van der Waals surface area contributed by atoms with Crippen molar-refractivity contribution in [3.05, 3.63) is 136 Å². The van der Waals surface area contributed by atoms with Gasteiger partial charge in [0.1, 0.15) is 66.2 Å². The second-order valence-electron chi connectivity index (χ2n) is 26.6. The predicted molar refractivity (Wildman–Crippen MR) is 407 cm³/mol. The number of guanidine groups is 2. The number of nitrogens with zero attached hydrogens (tertiary/aromatic N) is 3. The number of likely N-dealkylation sites (tertiary alicyclic amines) is 1. The molecule has 1 saturated heterocycles. The van der Waals surface area contributed by atoms with Gasteiger partial charge in [0.25, 0.3) is 0 Å². The average Bonchev–Trinajstić information content (AvgIpc) is 1.69. The monoisotopic (exact) mass is 1520 g/mol. The molecule has 11 amide bonds. The van der Waals surface area contributed by atoms with E-state index in [4.69, 9.17) is 40.4 Å². The number of benzene rings is 4. The van der Waals surface area contributed by atoms with Gasteiger partial charge in [0.15, 0.2) is 11.9 Å². The highest BCUT2D eigenvalue weighted by atomic mass is 35.5. The number of fused-ring (bicyclic) bond motifs is 1. The second-order valence-corrected chi connectivity index (χ2v) is 27.5. The maximum Gasteiger partial charge on any atom is 0.245 e. The lowest BCUT2D eigenvalue weighted by Gasteiger charge is -2.31. The topological polar surface area (TPSA) is 482 Å². The Balaban J connectivity index is 1.31. The molecule has 0 radical (unpaired) electrons. The van der Waals surface area contributed by atoms with E-state index in [0.717, 1.165) is 0 Å². The van der Waals surface area contributed by atoms with Crippen LogP contribution >= 0.6 is 23.2 Å². The number of aliphatic hydroxyl groups is 1. The molecule has 33 heteroatoms. The number of hydrogen-bond donors (Lipinski definition) is 17. The summed E-state index contributed by atoms with van der Waals surface area (Å²) in [6, 6.07) is 12.2. The molecule has 2 heterocycles. The van der Waals surface area contributed by atoms with Crippen molar-refractivity contribution < 1.29 is 63.0 Å². The Morgan fingerprint density at radius 1 is 0.551 bits per heavy atom. The molecule has 0 aliphatic carbocycles. The fraction of sp³-hybridized carbons (Fsp3) is 0.473. The summed E-state index contributed by atoms with van der Waals surface area (Å²) in [6.45, 7) is 10.7. The highest BCUT2D eigenvalue weighted by Crippen LogP contribution is 2.23. The molecule has 580 valence electrons. The third kappa shape index (κ3) is 28.0. The highest BCUT2D eigenvalue weighted by Gasteiger charge is 2.40. The molecule has 1 aromatic heterocycles. The third-order valence-corrected chi connectivity index (χ3v) is 18.1. The molecule has 0 saturated carbocycles. The van der Waals surface area contributed by atoms with Gasteiger partial charge in [-0.1, -0.05) is 91.6 Å². The number of carbonyl (C=O) groups is 11. The number of amides is 11. The van der Waals surface area contributed by atoms with Gasteiger partial charge in [0.05, 0.1) is 6.61 Å². The van der Waals surface area contributed by atoms with Crippen LogP contribution < -0.4 is 75.7 Å². The molecule has 5 aromatic rings. The molecule has 1 aliphatic heterocycles. The van der Waals surface area contributed by atoms with Crippen molar-refractivity contribution in [2.24, 2.45) is 33.1 Å². The van der Waals surface area contributed by atoms with E-state index in [-0.39, 0.29) is 101 Å². The first-order chi connectivity index (χ1) is 51.0. The van der Waals surface area contributed by atoms with Crippen molar-refractivity contribution in [1.82, 2.24) is 68.4 Å². The van der Waals surface area contributed by atoms with E-state index in [1.807, 2.05) is 13.8 Å². The Labute approximate surface area is 632 Å². The number of carbonyl (C=O) groups excluding carboxylic acids is 11. The minimum atomic E-state index is -1.83. The first kappa shape index (κ1) is 85.4. The number of hydrogen-bond acceptors (Lipinski definition) is 15.